The lowest BCUT2D eigenvalue weighted by Crippen LogP contribution is -2.60. The van der Waals surface area contributed by atoms with Gasteiger partial charge in [-0.2, -0.15) is 0 Å². The first-order valence-electron chi connectivity index (χ1n) is 22.9. The average molecular weight is 1000 g/mol. The van der Waals surface area contributed by atoms with Crippen LogP contribution in [-0.4, -0.2) is 163 Å². The molecule has 28 heteroatoms. The molecule has 0 fully saturated rings. The van der Waals surface area contributed by atoms with E-state index in [9.17, 15) is 67.4 Å². The van der Waals surface area contributed by atoms with E-state index in [4.69, 9.17) is 5.73 Å². The fourth-order valence-electron chi connectivity index (χ4n) is 6.04. The van der Waals surface area contributed by atoms with Crippen molar-refractivity contribution in [2.24, 2.45) is 17.6 Å². The van der Waals surface area contributed by atoms with E-state index in [0.717, 1.165) is 0 Å². The van der Waals surface area contributed by atoms with Crippen LogP contribution in [-0.2, 0) is 62.3 Å². The summed E-state index contributed by atoms with van der Waals surface area (Å²) in [4.78, 5) is 163. The van der Waals surface area contributed by atoms with Crippen LogP contribution in [0.25, 0.3) is 0 Å². The van der Waals surface area contributed by atoms with Crippen LogP contribution in [0.1, 0.15) is 93.9 Å². The van der Waals surface area contributed by atoms with E-state index in [1.54, 1.807) is 13.8 Å². The van der Waals surface area contributed by atoms with Crippen molar-refractivity contribution in [1.82, 2.24) is 58.5 Å². The number of carbonyl (C=O) groups excluding carboxylic acids is 12. The molecule has 0 aromatic rings. The predicted octanol–water partition coefficient (Wildman–Crippen LogP) is -8.00. The van der Waals surface area contributed by atoms with Gasteiger partial charge in [0.2, 0.25) is 65.0 Å². The molecule has 8 atom stereocenters. The van der Waals surface area contributed by atoms with Crippen LogP contribution in [0.2, 0.25) is 0 Å². The first kappa shape index (κ1) is 63.0. The van der Waals surface area contributed by atoms with E-state index in [2.05, 4.69) is 70.0 Å². The zero-order valence-electron chi connectivity index (χ0n) is 41.3. The van der Waals surface area contributed by atoms with Crippen LogP contribution in [0.4, 0.5) is 0 Å². The van der Waals surface area contributed by atoms with Crippen LogP contribution in [0.15, 0.2) is 0 Å². The van der Waals surface area contributed by atoms with Gasteiger partial charge < -0.3 is 80.8 Å². The minimum absolute atomic E-state index is 0.0469. The van der Waals surface area contributed by atoms with Crippen molar-refractivity contribution in [3.05, 3.63) is 0 Å². The van der Waals surface area contributed by atoms with E-state index < -0.39 is 151 Å². The van der Waals surface area contributed by atoms with E-state index >= 15 is 0 Å². The first-order valence-corrected chi connectivity index (χ1v) is 22.9. The summed E-state index contributed by atoms with van der Waals surface area (Å²) in [6.45, 7) is 10.7. The van der Waals surface area contributed by atoms with Gasteiger partial charge in [-0.05, 0) is 71.6 Å². The Kier molecular flexibility index (Phi) is 29.5. The number of carboxylic acids is 1. The fourth-order valence-corrected chi connectivity index (χ4v) is 6.04. The van der Waals surface area contributed by atoms with Gasteiger partial charge in [0, 0.05) is 6.42 Å². The summed E-state index contributed by atoms with van der Waals surface area (Å²) >= 11 is 0. The lowest BCUT2D eigenvalue weighted by Gasteiger charge is -2.25. The molecule has 0 saturated carbocycles. The monoisotopic (exact) mass is 1000 g/mol. The molecule has 0 radical (unpaired) electrons. The number of carboxylic acid groups (broad SMARTS) is 1. The number of amides is 12. The molecule has 0 unspecified atom stereocenters. The second-order valence-electron chi connectivity index (χ2n) is 17.3. The fraction of sp³-hybridized carbons (Fsp3) is 0.690. The van der Waals surface area contributed by atoms with E-state index in [0.29, 0.717) is 19.4 Å². The molecular weight excluding hydrogens is 925 g/mol. The molecule has 0 saturated heterocycles. The molecule has 0 aliphatic heterocycles. The molecule has 0 heterocycles. The van der Waals surface area contributed by atoms with Crippen LogP contribution in [0.3, 0.4) is 0 Å². The van der Waals surface area contributed by atoms with Gasteiger partial charge in [-0.15, -0.1) is 0 Å². The summed E-state index contributed by atoms with van der Waals surface area (Å²) < 4.78 is 0. The third-order valence-electron chi connectivity index (χ3n) is 10.1. The standard InChI is InChI=1S/C42H74N14O14/c1-20(2)15-28(55-37(64)23(6)49-30(58)16-44)39(66)48-17-31(59)46-18-32(60)50-24(7)36(63)53-26(11-9-10-14-43)41(68)54-27(12-13-29(45)57)40(67)52-22(5)35(62)47-19-33(61)51-25(8)38(65)56-34(21(3)4)42(69)70/h20-28,34H,9-19,43-44H2,1-8H3,(H2,45,57)(H,46,59)(H,47,62)(H,48,66)(H,49,58)(H,50,60)(H,51,61)(H,52,67)(H,53,63)(H,54,68)(H,55,64)(H,56,65)(H,69,70)/p+2/t22-,23-,24-,25-,26-,27-,28-,34-/m0/s1. The van der Waals surface area contributed by atoms with Crippen LogP contribution in [0, 0.1) is 11.8 Å². The Labute approximate surface area is 406 Å². The number of aliphatic carboxylic acids is 1. The normalized spacial score (nSPS) is 14.3. The Morgan fingerprint density at radius 2 is 0.886 bits per heavy atom. The lowest BCUT2D eigenvalue weighted by molar-refractivity contribution is -0.368. The molecule has 0 aliphatic rings. The van der Waals surface area contributed by atoms with Crippen LogP contribution < -0.4 is 75.7 Å². The van der Waals surface area contributed by atoms with Crippen molar-refractivity contribution in [2.75, 3.05) is 32.7 Å². The topological polar surface area (TPSA) is 456 Å². The van der Waals surface area contributed by atoms with Crippen molar-refractivity contribution >= 4 is 76.9 Å². The maximum absolute atomic E-state index is 13.6. The van der Waals surface area contributed by atoms with Gasteiger partial charge in [-0.3, -0.25) is 57.5 Å². The number of hydrogen-bond acceptors (Lipinski definition) is 13. The maximum atomic E-state index is 13.6. The zero-order valence-corrected chi connectivity index (χ0v) is 41.3. The molecule has 396 valence electrons. The van der Waals surface area contributed by atoms with Gasteiger partial charge >= 0.3 is 5.97 Å². The highest BCUT2D eigenvalue weighted by molar-refractivity contribution is 5.97. The summed E-state index contributed by atoms with van der Waals surface area (Å²) in [5, 5.41) is 35.6. The number of unbranched alkanes of at least 4 members (excludes halogenated alkanes) is 1. The molecule has 20 N–H and O–H groups in total. The van der Waals surface area contributed by atoms with Gasteiger partial charge in [0.25, 0.3) is 5.91 Å². The first-order chi connectivity index (χ1) is 32.6. The average Bonchev–Trinajstić information content (AvgIpc) is 3.28. The highest BCUT2D eigenvalue weighted by Crippen LogP contribution is 2.07. The molecule has 0 aliphatic carbocycles. The third-order valence-corrected chi connectivity index (χ3v) is 10.1. The highest BCUT2D eigenvalue weighted by atomic mass is 16.4. The van der Waals surface area contributed by atoms with Crippen LogP contribution in [0.5, 0.6) is 0 Å². The van der Waals surface area contributed by atoms with Crippen LogP contribution >= 0.6 is 0 Å². The second kappa shape index (κ2) is 32.7. The van der Waals surface area contributed by atoms with E-state index in [-0.39, 0.29) is 38.1 Å². The van der Waals surface area contributed by atoms with Gasteiger partial charge in [0.05, 0.1) is 26.2 Å². The molecule has 28 nitrogen and oxygen atoms in total. The molecule has 0 aromatic carbocycles. The Balaban J connectivity index is 5.52. The number of primary amides is 1. The van der Waals surface area contributed by atoms with Gasteiger partial charge in [-0.1, -0.05) is 27.7 Å². The number of quaternary nitrogens is 2. The maximum Gasteiger partial charge on any atom is 0.326 e. The zero-order chi connectivity index (χ0) is 53.8. The second-order valence-corrected chi connectivity index (χ2v) is 17.3. The molecule has 0 rings (SSSR count). The molecular formula is C42H76N14O14+2. The summed E-state index contributed by atoms with van der Waals surface area (Å²) in [5.41, 5.74) is 12.5. The highest BCUT2D eigenvalue weighted by Gasteiger charge is 2.31. The van der Waals surface area contributed by atoms with E-state index in [1.165, 1.54) is 27.7 Å². The quantitative estimate of drug-likeness (QED) is 0.0272. The Morgan fingerprint density at radius 1 is 0.457 bits per heavy atom. The van der Waals surface area contributed by atoms with Crippen molar-refractivity contribution < 1.29 is 78.9 Å². The van der Waals surface area contributed by atoms with Gasteiger partial charge in [0.1, 0.15) is 48.3 Å². The van der Waals surface area contributed by atoms with Gasteiger partial charge in [-0.25, -0.2) is 4.79 Å². The van der Waals surface area contributed by atoms with Crippen molar-refractivity contribution in [2.45, 2.75) is 142 Å². The predicted molar refractivity (Wildman–Crippen MR) is 247 cm³/mol. The number of carbonyl (C=O) groups is 13. The molecule has 0 spiro atoms. The minimum atomic E-state index is -1.46. The van der Waals surface area contributed by atoms with Crippen molar-refractivity contribution in [1.29, 1.82) is 0 Å². The third kappa shape index (κ3) is 26.0. The molecule has 70 heavy (non-hydrogen) atoms. The van der Waals surface area contributed by atoms with Gasteiger partial charge in [0.15, 0.2) is 6.54 Å². The number of nitrogens with two attached hydrogens (primary N) is 1. The largest absolute Gasteiger partial charge is 0.480 e. The number of nitrogens with one attached hydrogen (secondary N) is 11. The lowest BCUT2D eigenvalue weighted by atomic mass is 10.0. The summed E-state index contributed by atoms with van der Waals surface area (Å²) in [6.07, 6.45) is 0.481. The number of hydrogen-bond donors (Lipinski definition) is 15. The SMILES string of the molecule is CC(C)C[C@H](NC(=O)[C@H](C)NC(=O)C[NH3+])C(=O)NCC(=O)NCC(=O)N[C@@H](C)C(=O)N[C@@H](CCCC[NH3+])C(=O)N[C@@H](CCC(N)=O)C(=O)N[C@@H](C)C(=O)NCC(=O)N[C@@H](C)C(=O)N[C@H](C(=O)O)C(C)C. The molecule has 12 amide bonds. The molecule has 0 bridgehead atoms. The Hall–Kier alpha value is -6.97. The minimum Gasteiger partial charge on any atom is -0.480 e. The Bertz CT molecular complexity index is 1870. The smallest absolute Gasteiger partial charge is 0.326 e. The summed E-state index contributed by atoms with van der Waals surface area (Å²) in [7, 11) is 0. The Morgan fingerprint density at radius 3 is 1.37 bits per heavy atom. The van der Waals surface area contributed by atoms with Crippen molar-refractivity contribution in [3.8, 4) is 0 Å². The van der Waals surface area contributed by atoms with E-state index in [1.807, 2.05) is 13.8 Å². The number of rotatable bonds is 33. The summed E-state index contributed by atoms with van der Waals surface area (Å²) in [6, 6.07) is -9.70. The van der Waals surface area contributed by atoms with Crippen molar-refractivity contribution in [3.63, 3.8) is 0 Å². The summed E-state index contributed by atoms with van der Waals surface area (Å²) in [5.74, 6) is -11.0. The molecule has 0 aromatic heterocycles.